The molecule has 3 rings (SSSR count). The molecule has 1 amide bonds. The SMILES string of the molecule is O=C(NC(CO)C(O)c1ccc([N+](=O)[O-])cc1)c1nn2cccnc2c1Br. The van der Waals surface area contributed by atoms with Gasteiger partial charge in [0, 0.05) is 24.5 Å². The fraction of sp³-hybridized carbons (Fsp3) is 0.188. The second kappa shape index (κ2) is 7.78. The van der Waals surface area contributed by atoms with Crippen molar-refractivity contribution in [1.29, 1.82) is 0 Å². The number of hydrogen-bond donors (Lipinski definition) is 3. The molecule has 0 aliphatic rings. The maximum absolute atomic E-state index is 12.5. The molecule has 0 spiro atoms. The lowest BCUT2D eigenvalue weighted by Gasteiger charge is -2.22. The number of aliphatic hydroxyl groups excluding tert-OH is 2. The van der Waals surface area contributed by atoms with Crippen LogP contribution in [0.25, 0.3) is 5.65 Å². The molecule has 0 aliphatic heterocycles. The van der Waals surface area contributed by atoms with Gasteiger partial charge < -0.3 is 15.5 Å². The van der Waals surface area contributed by atoms with Crippen LogP contribution in [0.1, 0.15) is 22.2 Å². The standard InChI is InChI=1S/C16H14BrN5O5/c17-12-13(20-21-7-1-6-18-15(12)21)16(25)19-11(8-23)14(24)9-2-4-10(5-3-9)22(26)27/h1-7,11,14,23-24H,8H2,(H,19,25). The van der Waals surface area contributed by atoms with E-state index < -0.39 is 29.6 Å². The summed E-state index contributed by atoms with van der Waals surface area (Å²) in [6, 6.07) is 5.81. The third kappa shape index (κ3) is 3.79. The largest absolute Gasteiger partial charge is 0.394 e. The van der Waals surface area contributed by atoms with Gasteiger partial charge in [-0.25, -0.2) is 9.50 Å². The Kier molecular flexibility index (Phi) is 5.44. The lowest BCUT2D eigenvalue weighted by molar-refractivity contribution is -0.384. The number of nitro benzene ring substituents is 1. The van der Waals surface area contributed by atoms with Crippen molar-refractivity contribution in [2.45, 2.75) is 12.1 Å². The van der Waals surface area contributed by atoms with Crippen LogP contribution >= 0.6 is 15.9 Å². The van der Waals surface area contributed by atoms with Crippen LogP contribution in [0, 0.1) is 10.1 Å². The van der Waals surface area contributed by atoms with Crippen LogP contribution < -0.4 is 5.32 Å². The number of rotatable bonds is 6. The molecule has 0 fully saturated rings. The van der Waals surface area contributed by atoms with E-state index in [9.17, 15) is 25.1 Å². The van der Waals surface area contributed by atoms with E-state index in [2.05, 4.69) is 31.3 Å². The van der Waals surface area contributed by atoms with Gasteiger partial charge in [0.25, 0.3) is 11.6 Å². The molecule has 3 aromatic rings. The van der Waals surface area contributed by atoms with E-state index >= 15 is 0 Å². The molecular formula is C16H14BrN5O5. The first kappa shape index (κ1) is 18.9. The van der Waals surface area contributed by atoms with Crippen LogP contribution in [-0.4, -0.2) is 48.3 Å². The van der Waals surface area contributed by atoms with Crippen LogP contribution in [0.4, 0.5) is 5.69 Å². The average molecular weight is 436 g/mol. The van der Waals surface area contributed by atoms with E-state index in [1.165, 1.54) is 28.8 Å². The van der Waals surface area contributed by atoms with Gasteiger partial charge in [0.05, 0.1) is 22.0 Å². The van der Waals surface area contributed by atoms with Crippen molar-refractivity contribution in [3.05, 3.63) is 68.6 Å². The van der Waals surface area contributed by atoms with E-state index in [4.69, 9.17) is 0 Å². The molecule has 0 aliphatic carbocycles. The van der Waals surface area contributed by atoms with E-state index in [0.29, 0.717) is 15.7 Å². The molecule has 0 saturated carbocycles. The minimum atomic E-state index is -1.27. The Hall–Kier alpha value is -2.89. The molecule has 1 aromatic carbocycles. The van der Waals surface area contributed by atoms with Crippen molar-refractivity contribution in [3.63, 3.8) is 0 Å². The summed E-state index contributed by atoms with van der Waals surface area (Å²) >= 11 is 3.27. The number of amides is 1. The lowest BCUT2D eigenvalue weighted by Crippen LogP contribution is -2.42. The van der Waals surface area contributed by atoms with Crippen molar-refractivity contribution in [3.8, 4) is 0 Å². The predicted molar refractivity (Wildman–Crippen MR) is 97.1 cm³/mol. The summed E-state index contributed by atoms with van der Waals surface area (Å²) in [5.41, 5.74) is 0.675. The monoisotopic (exact) mass is 435 g/mol. The Balaban J connectivity index is 1.79. The molecule has 2 atom stereocenters. The lowest BCUT2D eigenvalue weighted by atomic mass is 10.0. The molecule has 2 heterocycles. The van der Waals surface area contributed by atoms with E-state index in [1.54, 1.807) is 18.5 Å². The molecule has 3 N–H and O–H groups in total. The van der Waals surface area contributed by atoms with Gasteiger partial charge in [-0.1, -0.05) is 0 Å². The van der Waals surface area contributed by atoms with E-state index in [0.717, 1.165) is 0 Å². The Morgan fingerprint density at radius 3 is 2.67 bits per heavy atom. The highest BCUT2D eigenvalue weighted by Gasteiger charge is 2.26. The predicted octanol–water partition coefficient (Wildman–Crippen LogP) is 1.22. The quantitative estimate of drug-likeness (QED) is 0.390. The number of carbonyl (C=O) groups excluding carboxylic acids is 1. The van der Waals surface area contributed by atoms with Crippen LogP contribution in [-0.2, 0) is 0 Å². The summed E-state index contributed by atoms with van der Waals surface area (Å²) < 4.78 is 1.79. The Morgan fingerprint density at radius 1 is 1.37 bits per heavy atom. The number of halogens is 1. The van der Waals surface area contributed by atoms with Crippen molar-refractivity contribution < 1.29 is 19.9 Å². The second-order valence-electron chi connectivity index (χ2n) is 5.61. The highest BCUT2D eigenvalue weighted by Crippen LogP contribution is 2.23. The van der Waals surface area contributed by atoms with Crippen LogP contribution in [0.3, 0.4) is 0 Å². The van der Waals surface area contributed by atoms with Gasteiger partial charge in [-0.15, -0.1) is 0 Å². The number of carbonyl (C=O) groups is 1. The zero-order valence-corrected chi connectivity index (χ0v) is 15.3. The van der Waals surface area contributed by atoms with Crippen LogP contribution in [0.2, 0.25) is 0 Å². The van der Waals surface area contributed by atoms with Crippen LogP contribution in [0.5, 0.6) is 0 Å². The molecular weight excluding hydrogens is 422 g/mol. The first-order valence-corrected chi connectivity index (χ1v) is 8.54. The molecule has 11 heteroatoms. The summed E-state index contributed by atoms with van der Waals surface area (Å²) in [4.78, 5) is 26.8. The zero-order chi connectivity index (χ0) is 19.6. The summed E-state index contributed by atoms with van der Waals surface area (Å²) in [6.45, 7) is -0.548. The number of aromatic nitrogens is 3. The number of nitro groups is 1. The number of benzene rings is 1. The number of nitrogens with one attached hydrogen (secondary N) is 1. The third-order valence-electron chi connectivity index (χ3n) is 3.89. The molecule has 0 bridgehead atoms. The van der Waals surface area contributed by atoms with Gasteiger partial charge in [-0.2, -0.15) is 5.10 Å². The number of nitrogens with zero attached hydrogens (tertiary/aromatic N) is 4. The smallest absolute Gasteiger partial charge is 0.273 e. The molecule has 140 valence electrons. The number of hydrogen-bond acceptors (Lipinski definition) is 7. The molecule has 2 unspecified atom stereocenters. The zero-order valence-electron chi connectivity index (χ0n) is 13.7. The average Bonchev–Trinajstić information content (AvgIpc) is 3.02. The summed E-state index contributed by atoms with van der Waals surface area (Å²) in [5.74, 6) is -0.618. The van der Waals surface area contributed by atoms with Gasteiger partial charge in [0.1, 0.15) is 6.10 Å². The van der Waals surface area contributed by atoms with Crippen molar-refractivity contribution in [2.24, 2.45) is 0 Å². The topological polar surface area (TPSA) is 143 Å². The normalized spacial score (nSPS) is 13.3. The highest BCUT2D eigenvalue weighted by atomic mass is 79.9. The first-order valence-electron chi connectivity index (χ1n) is 7.75. The van der Waals surface area contributed by atoms with Gasteiger partial charge in [-0.3, -0.25) is 14.9 Å². The first-order chi connectivity index (χ1) is 12.9. The summed E-state index contributed by atoms with van der Waals surface area (Å²) in [6.07, 6.45) is 1.91. The van der Waals surface area contributed by atoms with Gasteiger partial charge in [-0.05, 0) is 39.7 Å². The third-order valence-corrected chi connectivity index (χ3v) is 4.62. The van der Waals surface area contributed by atoms with E-state index in [1.807, 2.05) is 0 Å². The molecule has 10 nitrogen and oxygen atoms in total. The minimum Gasteiger partial charge on any atom is -0.394 e. The maximum atomic E-state index is 12.5. The second-order valence-corrected chi connectivity index (χ2v) is 6.40. The fourth-order valence-corrected chi connectivity index (χ4v) is 3.03. The minimum absolute atomic E-state index is 0.0445. The summed E-state index contributed by atoms with van der Waals surface area (Å²) in [7, 11) is 0. The molecule has 2 aromatic heterocycles. The van der Waals surface area contributed by atoms with Crippen molar-refractivity contribution in [1.82, 2.24) is 19.9 Å². The van der Waals surface area contributed by atoms with Crippen LogP contribution in [0.15, 0.2) is 47.2 Å². The van der Waals surface area contributed by atoms with E-state index in [-0.39, 0.29) is 11.4 Å². The van der Waals surface area contributed by atoms with Crippen molar-refractivity contribution in [2.75, 3.05) is 6.61 Å². The Bertz CT molecular complexity index is 991. The summed E-state index contributed by atoms with van der Waals surface area (Å²) in [5, 5.41) is 37.3. The Morgan fingerprint density at radius 2 is 2.07 bits per heavy atom. The van der Waals surface area contributed by atoms with Gasteiger partial charge >= 0.3 is 0 Å². The van der Waals surface area contributed by atoms with Gasteiger partial charge in [0.15, 0.2) is 11.3 Å². The van der Waals surface area contributed by atoms with Crippen molar-refractivity contribution >= 4 is 33.2 Å². The molecule has 0 radical (unpaired) electrons. The maximum Gasteiger partial charge on any atom is 0.273 e. The fourth-order valence-electron chi connectivity index (χ4n) is 2.49. The number of non-ortho nitro benzene ring substituents is 1. The number of fused-ring (bicyclic) bond motifs is 1. The highest BCUT2D eigenvalue weighted by molar-refractivity contribution is 9.10. The molecule has 27 heavy (non-hydrogen) atoms. The number of aliphatic hydroxyl groups is 2. The molecule has 0 saturated heterocycles. The van der Waals surface area contributed by atoms with Gasteiger partial charge in [0.2, 0.25) is 0 Å². The Labute approximate surface area is 160 Å².